The Morgan fingerprint density at radius 2 is 2.12 bits per heavy atom. The van der Waals surface area contributed by atoms with Crippen LogP contribution in [0.5, 0.6) is 0 Å². The topological polar surface area (TPSA) is 93.2 Å². The number of carbonyl (C=O) groups excluding carboxylic acids is 1. The van der Waals surface area contributed by atoms with Gasteiger partial charge in [-0.05, 0) is 37.1 Å². The molecule has 0 aliphatic heterocycles. The zero-order valence-corrected chi connectivity index (χ0v) is 15.3. The fourth-order valence-electron chi connectivity index (χ4n) is 2.76. The van der Waals surface area contributed by atoms with Gasteiger partial charge in [0, 0.05) is 13.1 Å². The lowest BCUT2D eigenvalue weighted by Gasteiger charge is -2.09. The Morgan fingerprint density at radius 1 is 1.27 bits per heavy atom. The first-order valence-electron chi connectivity index (χ1n) is 8.95. The molecule has 0 radical (unpaired) electrons. The summed E-state index contributed by atoms with van der Waals surface area (Å²) in [6.07, 6.45) is 2.63. The smallest absolute Gasteiger partial charge is 0.259 e. The van der Waals surface area contributed by atoms with Gasteiger partial charge in [-0.25, -0.2) is 4.98 Å². The van der Waals surface area contributed by atoms with Gasteiger partial charge >= 0.3 is 0 Å². The number of aromatic nitrogens is 2. The largest absolute Gasteiger partial charge is 0.463 e. The van der Waals surface area contributed by atoms with Crippen LogP contribution in [0.3, 0.4) is 0 Å². The van der Waals surface area contributed by atoms with Crippen molar-refractivity contribution in [3.63, 3.8) is 0 Å². The summed E-state index contributed by atoms with van der Waals surface area (Å²) in [4.78, 5) is 17.3. The fourth-order valence-corrected chi connectivity index (χ4v) is 2.76. The second-order valence-electron chi connectivity index (χ2n) is 6.44. The van der Waals surface area contributed by atoms with Crippen LogP contribution in [-0.2, 0) is 0 Å². The molecule has 7 nitrogen and oxygen atoms in total. The number of hydrogen-bond acceptors (Lipinski definition) is 6. The molecule has 0 saturated heterocycles. The summed E-state index contributed by atoms with van der Waals surface area (Å²) in [6, 6.07) is 5.31. The monoisotopic (exact) mass is 356 g/mol. The van der Waals surface area contributed by atoms with Crippen LogP contribution in [0.1, 0.15) is 49.2 Å². The molecule has 0 bridgehead atoms. The molecule has 26 heavy (non-hydrogen) atoms. The normalized spacial score (nSPS) is 11.4. The Hall–Kier alpha value is -2.67. The van der Waals surface area contributed by atoms with Gasteiger partial charge in [0.25, 0.3) is 11.6 Å². The molecule has 0 unspecified atom stereocenters. The minimum atomic E-state index is -0.173. The van der Waals surface area contributed by atoms with Crippen LogP contribution in [-0.4, -0.2) is 35.7 Å². The van der Waals surface area contributed by atoms with Crippen LogP contribution >= 0.6 is 0 Å². The molecule has 0 spiro atoms. The zero-order chi connectivity index (χ0) is 18.5. The predicted molar refractivity (Wildman–Crippen MR) is 99.1 cm³/mol. The van der Waals surface area contributed by atoms with E-state index in [1.54, 1.807) is 24.5 Å². The summed E-state index contributed by atoms with van der Waals surface area (Å²) in [6.45, 7) is 8.32. The Bertz CT molecular complexity index is 868. The highest BCUT2D eigenvalue weighted by Crippen LogP contribution is 2.30. The first-order chi connectivity index (χ1) is 12.6. The average molecular weight is 356 g/mol. The first kappa shape index (κ1) is 18.1. The van der Waals surface area contributed by atoms with E-state index in [0.29, 0.717) is 34.7 Å². The number of hydrogen-bond donors (Lipinski definition) is 2. The molecule has 0 aliphatic carbocycles. The van der Waals surface area contributed by atoms with E-state index in [2.05, 4.69) is 27.7 Å². The first-order valence-corrected chi connectivity index (χ1v) is 8.95. The average Bonchev–Trinajstić information content (AvgIpc) is 3.30. The highest BCUT2D eigenvalue weighted by atomic mass is 16.5. The second kappa shape index (κ2) is 8.14. The molecule has 138 valence electrons. The van der Waals surface area contributed by atoms with Gasteiger partial charge in [0.15, 0.2) is 5.76 Å². The molecule has 3 rings (SSSR count). The summed E-state index contributed by atoms with van der Waals surface area (Å²) >= 11 is 0. The maximum absolute atomic E-state index is 12.8. The van der Waals surface area contributed by atoms with E-state index in [4.69, 9.17) is 8.94 Å². The predicted octanol–water partition coefficient (Wildman–Crippen LogP) is 3.34. The summed E-state index contributed by atoms with van der Waals surface area (Å²) in [5, 5.41) is 11.0. The molecule has 3 heterocycles. The van der Waals surface area contributed by atoms with Gasteiger partial charge in [-0.2, -0.15) is 0 Å². The highest BCUT2D eigenvalue weighted by molar-refractivity contribution is 6.07. The van der Waals surface area contributed by atoms with Crippen molar-refractivity contribution < 1.29 is 13.7 Å². The minimum absolute atomic E-state index is 0.116. The SMILES string of the molecule is CCCNCCNC(=O)c1cc(-c2ccco2)nc2onc(C(C)C)c12. The lowest BCUT2D eigenvalue weighted by atomic mass is 10.0. The molecule has 0 atom stereocenters. The molecule has 0 saturated carbocycles. The molecular weight excluding hydrogens is 332 g/mol. The van der Waals surface area contributed by atoms with Crippen LogP contribution < -0.4 is 10.6 Å². The van der Waals surface area contributed by atoms with E-state index < -0.39 is 0 Å². The third-order valence-corrected chi connectivity index (χ3v) is 4.05. The number of carbonyl (C=O) groups is 1. The van der Waals surface area contributed by atoms with E-state index in [0.717, 1.165) is 25.2 Å². The second-order valence-corrected chi connectivity index (χ2v) is 6.44. The number of fused-ring (bicyclic) bond motifs is 1. The van der Waals surface area contributed by atoms with E-state index in [1.807, 2.05) is 13.8 Å². The van der Waals surface area contributed by atoms with Crippen molar-refractivity contribution in [3.05, 3.63) is 35.7 Å². The van der Waals surface area contributed by atoms with Gasteiger partial charge in [-0.1, -0.05) is 25.9 Å². The summed E-state index contributed by atoms with van der Waals surface area (Å²) in [5.74, 6) is 0.520. The van der Waals surface area contributed by atoms with E-state index >= 15 is 0 Å². The van der Waals surface area contributed by atoms with Crippen LogP contribution in [0.25, 0.3) is 22.6 Å². The Labute approximate surface area is 152 Å². The zero-order valence-electron chi connectivity index (χ0n) is 15.3. The number of pyridine rings is 1. The summed E-state index contributed by atoms with van der Waals surface area (Å²) < 4.78 is 10.8. The van der Waals surface area contributed by atoms with Crippen molar-refractivity contribution in [1.82, 2.24) is 20.8 Å². The van der Waals surface area contributed by atoms with Crippen LogP contribution in [0, 0.1) is 0 Å². The maximum Gasteiger partial charge on any atom is 0.259 e. The van der Waals surface area contributed by atoms with Crippen LogP contribution in [0.2, 0.25) is 0 Å². The van der Waals surface area contributed by atoms with Crippen LogP contribution in [0.4, 0.5) is 0 Å². The van der Waals surface area contributed by atoms with Gasteiger partial charge in [-0.15, -0.1) is 0 Å². The molecule has 3 aromatic heterocycles. The van der Waals surface area contributed by atoms with Crippen molar-refractivity contribution in [1.29, 1.82) is 0 Å². The third-order valence-electron chi connectivity index (χ3n) is 4.05. The van der Waals surface area contributed by atoms with Gasteiger partial charge < -0.3 is 19.6 Å². The number of rotatable bonds is 8. The highest BCUT2D eigenvalue weighted by Gasteiger charge is 2.22. The summed E-state index contributed by atoms with van der Waals surface area (Å²) in [5.41, 5.74) is 2.12. The number of nitrogens with one attached hydrogen (secondary N) is 2. The van der Waals surface area contributed by atoms with Gasteiger partial charge in [0.05, 0.1) is 22.9 Å². The standard InChI is InChI=1S/C19H24N4O3/c1-4-7-20-8-9-21-18(24)13-11-14(15-6-5-10-25-15)22-19-16(13)17(12(2)3)23-26-19/h5-6,10-12,20H,4,7-9H2,1-3H3,(H,21,24). The number of furan rings is 1. The molecule has 7 heteroatoms. The molecular formula is C19H24N4O3. The minimum Gasteiger partial charge on any atom is -0.463 e. The lowest BCUT2D eigenvalue weighted by molar-refractivity contribution is 0.0955. The molecule has 0 aliphatic rings. The molecule has 2 N–H and O–H groups in total. The molecule has 0 fully saturated rings. The van der Waals surface area contributed by atoms with Crippen molar-refractivity contribution in [2.75, 3.05) is 19.6 Å². The maximum atomic E-state index is 12.8. The van der Waals surface area contributed by atoms with E-state index in [-0.39, 0.29) is 11.8 Å². The van der Waals surface area contributed by atoms with Crippen molar-refractivity contribution >= 4 is 17.0 Å². The van der Waals surface area contributed by atoms with E-state index in [9.17, 15) is 4.79 Å². The van der Waals surface area contributed by atoms with Crippen LogP contribution in [0.15, 0.2) is 33.4 Å². The van der Waals surface area contributed by atoms with Gasteiger partial charge in [-0.3, -0.25) is 4.79 Å². The van der Waals surface area contributed by atoms with Crippen molar-refractivity contribution in [2.45, 2.75) is 33.1 Å². The quantitative estimate of drug-likeness (QED) is 0.601. The van der Waals surface area contributed by atoms with E-state index in [1.165, 1.54) is 0 Å². The van der Waals surface area contributed by atoms with Crippen molar-refractivity contribution in [2.24, 2.45) is 0 Å². The molecule has 0 aromatic carbocycles. The summed E-state index contributed by atoms with van der Waals surface area (Å²) in [7, 11) is 0. The van der Waals surface area contributed by atoms with Crippen molar-refractivity contribution in [3.8, 4) is 11.5 Å². The Morgan fingerprint density at radius 3 is 2.81 bits per heavy atom. The molecule has 3 aromatic rings. The van der Waals surface area contributed by atoms with Gasteiger partial charge in [0.2, 0.25) is 0 Å². The third kappa shape index (κ3) is 3.77. The number of nitrogens with zero attached hydrogens (tertiary/aromatic N) is 2. The fraction of sp³-hybridized carbons (Fsp3) is 0.421. The van der Waals surface area contributed by atoms with Gasteiger partial charge in [0.1, 0.15) is 5.69 Å². The Balaban J connectivity index is 1.94. The molecule has 1 amide bonds. The lowest BCUT2D eigenvalue weighted by Crippen LogP contribution is -2.32. The number of amides is 1. The Kier molecular flexibility index (Phi) is 5.68.